The van der Waals surface area contributed by atoms with E-state index in [1.165, 1.54) is 18.0 Å². The minimum atomic E-state index is -0.560. The third kappa shape index (κ3) is 2.46. The zero-order valence-corrected chi connectivity index (χ0v) is 13.3. The topological polar surface area (TPSA) is 102 Å². The predicted molar refractivity (Wildman–Crippen MR) is 92.8 cm³/mol. The van der Waals surface area contributed by atoms with E-state index < -0.39 is 5.91 Å². The Hall–Kier alpha value is -3.00. The second-order valence-electron chi connectivity index (χ2n) is 5.31. The summed E-state index contributed by atoms with van der Waals surface area (Å²) in [6, 6.07) is 9.35. The van der Waals surface area contributed by atoms with E-state index in [1.54, 1.807) is 10.7 Å². The van der Waals surface area contributed by atoms with Crippen molar-refractivity contribution in [2.75, 3.05) is 16.4 Å². The molecule has 0 spiro atoms. The fourth-order valence-corrected chi connectivity index (χ4v) is 3.41. The standard InChI is InChI=1S/C16H13N5O2S/c17-16(23)10-7-18-21-5-1-2-12(21)15(10)19-9-3-4-13-11(6-9)20-14(22)8-24-13/h1-7,19H,8H2,(H2,17,23)(H,20,22). The highest BCUT2D eigenvalue weighted by molar-refractivity contribution is 8.00. The molecule has 0 bridgehead atoms. The smallest absolute Gasteiger partial charge is 0.252 e. The number of primary amides is 1. The molecule has 0 saturated heterocycles. The fraction of sp³-hybridized carbons (Fsp3) is 0.0625. The minimum absolute atomic E-state index is 0.0274. The van der Waals surface area contributed by atoms with Gasteiger partial charge in [-0.1, -0.05) is 0 Å². The first kappa shape index (κ1) is 14.6. The number of amides is 2. The summed E-state index contributed by atoms with van der Waals surface area (Å²) in [7, 11) is 0. The van der Waals surface area contributed by atoms with Gasteiger partial charge in [-0.15, -0.1) is 11.8 Å². The summed E-state index contributed by atoms with van der Waals surface area (Å²) in [6.07, 6.45) is 3.22. The number of aromatic nitrogens is 2. The van der Waals surface area contributed by atoms with Crippen molar-refractivity contribution in [1.82, 2.24) is 9.61 Å². The third-order valence-corrected chi connectivity index (χ3v) is 4.79. The average molecular weight is 339 g/mol. The van der Waals surface area contributed by atoms with Gasteiger partial charge in [0.05, 0.1) is 34.4 Å². The molecule has 0 fully saturated rings. The van der Waals surface area contributed by atoms with Crippen LogP contribution in [-0.2, 0) is 4.79 Å². The molecule has 24 heavy (non-hydrogen) atoms. The number of nitrogens with one attached hydrogen (secondary N) is 2. The molecule has 0 saturated carbocycles. The Labute approximate surface area is 141 Å². The van der Waals surface area contributed by atoms with Crippen LogP contribution in [0.15, 0.2) is 47.6 Å². The molecule has 8 heteroatoms. The molecule has 4 rings (SSSR count). The first-order valence-corrected chi connectivity index (χ1v) is 8.20. The predicted octanol–water partition coefficient (Wildman–Crippen LogP) is 2.22. The molecular weight excluding hydrogens is 326 g/mol. The molecule has 3 heterocycles. The Balaban J connectivity index is 1.78. The molecule has 1 aromatic carbocycles. The Kier molecular flexibility index (Phi) is 3.39. The van der Waals surface area contributed by atoms with Crippen molar-refractivity contribution < 1.29 is 9.59 Å². The normalized spacial score (nSPS) is 13.4. The lowest BCUT2D eigenvalue weighted by atomic mass is 10.2. The SMILES string of the molecule is NC(=O)c1cnn2cccc2c1Nc1ccc2c(c1)NC(=O)CS2. The van der Waals surface area contributed by atoms with Crippen LogP contribution in [0.2, 0.25) is 0 Å². The number of anilines is 3. The summed E-state index contributed by atoms with van der Waals surface area (Å²) < 4.78 is 1.66. The second-order valence-corrected chi connectivity index (χ2v) is 6.33. The monoisotopic (exact) mass is 339 g/mol. The van der Waals surface area contributed by atoms with Crippen molar-refractivity contribution in [3.05, 3.63) is 48.3 Å². The van der Waals surface area contributed by atoms with E-state index in [0.717, 1.165) is 21.8 Å². The van der Waals surface area contributed by atoms with E-state index >= 15 is 0 Å². The largest absolute Gasteiger partial charge is 0.365 e. The van der Waals surface area contributed by atoms with Gasteiger partial charge in [0.2, 0.25) is 5.91 Å². The molecule has 2 aromatic heterocycles. The lowest BCUT2D eigenvalue weighted by Crippen LogP contribution is -2.18. The second kappa shape index (κ2) is 5.57. The van der Waals surface area contributed by atoms with Crippen LogP contribution in [0.25, 0.3) is 5.52 Å². The summed E-state index contributed by atoms with van der Waals surface area (Å²) in [4.78, 5) is 24.3. The van der Waals surface area contributed by atoms with Crippen LogP contribution in [0.4, 0.5) is 17.1 Å². The third-order valence-electron chi connectivity index (χ3n) is 3.71. The van der Waals surface area contributed by atoms with Crippen molar-refractivity contribution in [3.8, 4) is 0 Å². The maximum Gasteiger partial charge on any atom is 0.252 e. The lowest BCUT2D eigenvalue weighted by molar-refractivity contribution is -0.113. The van der Waals surface area contributed by atoms with Gasteiger partial charge in [0.15, 0.2) is 0 Å². The maximum atomic E-state index is 11.7. The van der Waals surface area contributed by atoms with Gasteiger partial charge in [-0.3, -0.25) is 9.59 Å². The molecule has 0 unspecified atom stereocenters. The Morgan fingerprint density at radius 1 is 1.38 bits per heavy atom. The van der Waals surface area contributed by atoms with Gasteiger partial charge in [0.25, 0.3) is 5.91 Å². The number of hydrogen-bond donors (Lipinski definition) is 3. The quantitative estimate of drug-likeness (QED) is 0.679. The first-order valence-electron chi connectivity index (χ1n) is 7.22. The number of fused-ring (bicyclic) bond motifs is 2. The highest BCUT2D eigenvalue weighted by Gasteiger charge is 2.17. The number of hydrogen-bond acceptors (Lipinski definition) is 5. The fourth-order valence-electron chi connectivity index (χ4n) is 2.62. The van der Waals surface area contributed by atoms with Crippen molar-refractivity contribution >= 4 is 46.2 Å². The van der Waals surface area contributed by atoms with Crippen molar-refractivity contribution in [2.45, 2.75) is 4.90 Å². The Bertz CT molecular complexity index is 982. The summed E-state index contributed by atoms with van der Waals surface area (Å²) in [5.74, 6) is -0.170. The van der Waals surface area contributed by atoms with Crippen LogP contribution in [0.3, 0.4) is 0 Å². The van der Waals surface area contributed by atoms with E-state index in [0.29, 0.717) is 17.0 Å². The van der Waals surface area contributed by atoms with Crippen LogP contribution < -0.4 is 16.4 Å². The van der Waals surface area contributed by atoms with E-state index in [4.69, 9.17) is 5.73 Å². The van der Waals surface area contributed by atoms with E-state index in [1.807, 2.05) is 30.3 Å². The van der Waals surface area contributed by atoms with Crippen LogP contribution in [0.5, 0.6) is 0 Å². The summed E-state index contributed by atoms with van der Waals surface area (Å²) in [6.45, 7) is 0. The molecule has 0 atom stereocenters. The number of benzene rings is 1. The van der Waals surface area contributed by atoms with E-state index in [-0.39, 0.29) is 5.91 Å². The van der Waals surface area contributed by atoms with Gasteiger partial charge in [-0.25, -0.2) is 4.52 Å². The minimum Gasteiger partial charge on any atom is -0.365 e. The number of nitrogens with zero attached hydrogens (tertiary/aromatic N) is 2. The molecule has 1 aliphatic heterocycles. The zero-order valence-electron chi connectivity index (χ0n) is 12.4. The van der Waals surface area contributed by atoms with Gasteiger partial charge in [0.1, 0.15) is 0 Å². The number of nitrogens with two attached hydrogens (primary N) is 1. The number of thioether (sulfide) groups is 1. The summed E-state index contributed by atoms with van der Waals surface area (Å²) in [5.41, 5.74) is 8.59. The average Bonchev–Trinajstić information content (AvgIpc) is 3.03. The molecule has 7 nitrogen and oxygen atoms in total. The van der Waals surface area contributed by atoms with Gasteiger partial charge in [-0.05, 0) is 30.3 Å². The van der Waals surface area contributed by atoms with Gasteiger partial charge >= 0.3 is 0 Å². The number of carbonyl (C=O) groups is 2. The maximum absolute atomic E-state index is 11.7. The highest BCUT2D eigenvalue weighted by atomic mass is 32.2. The summed E-state index contributed by atoms with van der Waals surface area (Å²) >= 11 is 1.50. The Morgan fingerprint density at radius 3 is 3.08 bits per heavy atom. The highest BCUT2D eigenvalue weighted by Crippen LogP contribution is 2.35. The van der Waals surface area contributed by atoms with E-state index in [2.05, 4.69) is 15.7 Å². The molecular formula is C16H13N5O2S. The van der Waals surface area contributed by atoms with Crippen molar-refractivity contribution in [2.24, 2.45) is 5.73 Å². The lowest BCUT2D eigenvalue weighted by Gasteiger charge is -2.18. The summed E-state index contributed by atoms with van der Waals surface area (Å²) in [5, 5.41) is 10.2. The molecule has 120 valence electrons. The first-order chi connectivity index (χ1) is 11.6. The van der Waals surface area contributed by atoms with Crippen LogP contribution >= 0.6 is 11.8 Å². The Morgan fingerprint density at radius 2 is 2.25 bits per heavy atom. The van der Waals surface area contributed by atoms with Crippen molar-refractivity contribution in [1.29, 1.82) is 0 Å². The van der Waals surface area contributed by atoms with E-state index in [9.17, 15) is 9.59 Å². The molecule has 0 aliphatic carbocycles. The zero-order chi connectivity index (χ0) is 16.7. The van der Waals surface area contributed by atoms with Gasteiger partial charge in [-0.2, -0.15) is 5.10 Å². The van der Waals surface area contributed by atoms with Crippen LogP contribution in [-0.4, -0.2) is 27.2 Å². The molecule has 2 amide bonds. The number of carbonyl (C=O) groups excluding carboxylic acids is 2. The van der Waals surface area contributed by atoms with Gasteiger partial charge in [0, 0.05) is 16.8 Å². The van der Waals surface area contributed by atoms with Gasteiger partial charge < -0.3 is 16.4 Å². The van der Waals surface area contributed by atoms with Crippen molar-refractivity contribution in [3.63, 3.8) is 0 Å². The van der Waals surface area contributed by atoms with Crippen LogP contribution in [0.1, 0.15) is 10.4 Å². The van der Waals surface area contributed by atoms with Crippen LogP contribution in [0, 0.1) is 0 Å². The molecule has 3 aromatic rings. The molecule has 1 aliphatic rings. The number of rotatable bonds is 3. The molecule has 0 radical (unpaired) electrons. The molecule has 4 N–H and O–H groups in total.